The fourth-order valence-electron chi connectivity index (χ4n) is 0.381. The summed E-state index contributed by atoms with van der Waals surface area (Å²) in [5.74, 6) is 0. The minimum absolute atomic E-state index is 1.13. The molecule has 0 saturated heterocycles. The zero-order valence-corrected chi connectivity index (χ0v) is 8.79. The Morgan fingerprint density at radius 3 is 1.82 bits per heavy atom. The minimum Gasteiger partial charge on any atom is -0.130 e. The van der Waals surface area contributed by atoms with Crippen molar-refractivity contribution in [1.82, 2.24) is 0 Å². The highest BCUT2D eigenvalue weighted by atomic mass is 32.2. The van der Waals surface area contributed by atoms with Crippen LogP contribution in [0.1, 0.15) is 20.8 Å². The molecule has 64 valence electrons. The summed E-state index contributed by atoms with van der Waals surface area (Å²) in [5.41, 5.74) is 1.31. The molecule has 0 bridgehead atoms. The van der Waals surface area contributed by atoms with Crippen molar-refractivity contribution in [3.8, 4) is 0 Å². The van der Waals surface area contributed by atoms with Crippen molar-refractivity contribution >= 4 is 11.8 Å². The first kappa shape index (κ1) is 13.2. The van der Waals surface area contributed by atoms with Gasteiger partial charge in [-0.25, -0.2) is 0 Å². The standard InChI is InChI=1S/C7H12S.C3H6/c1-6(2)5-7(3)8-4;1-3-2/h5H,3H2,1-2,4H3;3H,1H2,2H3. The number of hydrogen-bond acceptors (Lipinski definition) is 1. The van der Waals surface area contributed by atoms with Gasteiger partial charge in [0.1, 0.15) is 0 Å². The van der Waals surface area contributed by atoms with Crippen molar-refractivity contribution in [2.75, 3.05) is 6.26 Å². The van der Waals surface area contributed by atoms with Crippen LogP contribution in [0.15, 0.2) is 35.8 Å². The molecule has 0 aliphatic heterocycles. The van der Waals surface area contributed by atoms with Gasteiger partial charge >= 0.3 is 0 Å². The van der Waals surface area contributed by atoms with Gasteiger partial charge < -0.3 is 0 Å². The van der Waals surface area contributed by atoms with E-state index < -0.39 is 0 Å². The summed E-state index contributed by atoms with van der Waals surface area (Å²) in [6, 6.07) is 0. The van der Waals surface area contributed by atoms with E-state index in [1.165, 1.54) is 5.57 Å². The number of thioether (sulfide) groups is 1. The van der Waals surface area contributed by atoms with E-state index in [0.29, 0.717) is 0 Å². The largest absolute Gasteiger partial charge is 0.130 e. The van der Waals surface area contributed by atoms with Crippen LogP contribution in [0.3, 0.4) is 0 Å². The van der Waals surface area contributed by atoms with Crippen LogP contribution in [0.2, 0.25) is 0 Å². The van der Waals surface area contributed by atoms with Crippen LogP contribution in [0.4, 0.5) is 0 Å². The summed E-state index contributed by atoms with van der Waals surface area (Å²) in [6.45, 7) is 13.2. The summed E-state index contributed by atoms with van der Waals surface area (Å²) >= 11 is 1.68. The summed E-state index contributed by atoms with van der Waals surface area (Å²) in [5, 5.41) is 0. The van der Waals surface area contributed by atoms with E-state index >= 15 is 0 Å². The summed E-state index contributed by atoms with van der Waals surface area (Å²) < 4.78 is 0. The third kappa shape index (κ3) is 17.7. The first-order valence-corrected chi connectivity index (χ1v) is 4.75. The molecule has 0 aliphatic rings. The van der Waals surface area contributed by atoms with Gasteiger partial charge in [0.05, 0.1) is 0 Å². The summed E-state index contributed by atoms with van der Waals surface area (Å²) in [7, 11) is 0. The molecular formula is C10H18S. The smallest absolute Gasteiger partial charge is 0.000350 e. The predicted octanol–water partition coefficient (Wildman–Crippen LogP) is 4.02. The second-order valence-electron chi connectivity index (χ2n) is 2.30. The first-order valence-electron chi connectivity index (χ1n) is 3.53. The Bertz CT molecular complexity index is 139. The van der Waals surface area contributed by atoms with E-state index in [1.54, 1.807) is 17.8 Å². The van der Waals surface area contributed by atoms with Gasteiger partial charge in [0.15, 0.2) is 0 Å². The Kier molecular flexibility index (Phi) is 11.5. The van der Waals surface area contributed by atoms with Crippen LogP contribution < -0.4 is 0 Å². The Hall–Kier alpha value is -0.430. The molecule has 0 nitrogen and oxygen atoms in total. The van der Waals surface area contributed by atoms with E-state index in [4.69, 9.17) is 0 Å². The maximum absolute atomic E-state index is 3.80. The fourth-order valence-corrected chi connectivity index (χ4v) is 0.734. The minimum atomic E-state index is 1.13. The average molecular weight is 170 g/mol. The molecule has 0 radical (unpaired) electrons. The Labute approximate surface area is 75.1 Å². The quantitative estimate of drug-likeness (QED) is 0.445. The lowest BCUT2D eigenvalue weighted by Gasteiger charge is -1.91. The monoisotopic (exact) mass is 170 g/mol. The van der Waals surface area contributed by atoms with Crippen LogP contribution >= 0.6 is 11.8 Å². The summed E-state index contributed by atoms with van der Waals surface area (Å²) in [4.78, 5) is 1.13. The lowest BCUT2D eigenvalue weighted by atomic mass is 10.3. The molecule has 0 N–H and O–H groups in total. The molecule has 1 heteroatoms. The number of rotatable bonds is 2. The van der Waals surface area contributed by atoms with Gasteiger partial charge in [-0.05, 0) is 31.9 Å². The van der Waals surface area contributed by atoms with Crippen LogP contribution in [-0.4, -0.2) is 6.26 Å². The Morgan fingerprint density at radius 2 is 1.73 bits per heavy atom. The molecule has 0 aromatic rings. The SMILES string of the molecule is C=C(C=C(C)C)SC.C=CC. The van der Waals surface area contributed by atoms with Crippen LogP contribution in [0, 0.1) is 0 Å². The van der Waals surface area contributed by atoms with Gasteiger partial charge in [-0.1, -0.05) is 24.3 Å². The maximum Gasteiger partial charge on any atom is -0.000350 e. The zero-order valence-electron chi connectivity index (χ0n) is 7.98. The Balaban J connectivity index is 0. The van der Waals surface area contributed by atoms with Crippen molar-refractivity contribution < 1.29 is 0 Å². The average Bonchev–Trinajstić information content (AvgIpc) is 1.88. The van der Waals surface area contributed by atoms with Gasteiger partial charge in [-0.3, -0.25) is 0 Å². The summed E-state index contributed by atoms with van der Waals surface area (Å²) in [6.07, 6.45) is 5.85. The first-order chi connectivity index (χ1) is 5.08. The highest BCUT2D eigenvalue weighted by Crippen LogP contribution is 2.11. The molecule has 0 aliphatic carbocycles. The molecule has 0 unspecified atom stereocenters. The third-order valence-corrected chi connectivity index (χ3v) is 1.35. The van der Waals surface area contributed by atoms with E-state index in [2.05, 4.69) is 33.1 Å². The van der Waals surface area contributed by atoms with Crippen molar-refractivity contribution in [2.24, 2.45) is 0 Å². The third-order valence-electron chi connectivity index (χ3n) is 0.712. The molecule has 0 aromatic carbocycles. The lowest BCUT2D eigenvalue weighted by molar-refractivity contribution is 1.39. The zero-order chi connectivity index (χ0) is 9.28. The normalized spacial score (nSPS) is 7.27. The molecular weight excluding hydrogens is 152 g/mol. The second kappa shape index (κ2) is 9.57. The van der Waals surface area contributed by atoms with Crippen molar-refractivity contribution in [3.63, 3.8) is 0 Å². The molecule has 0 aromatic heterocycles. The van der Waals surface area contributed by atoms with Crippen molar-refractivity contribution in [1.29, 1.82) is 0 Å². The van der Waals surface area contributed by atoms with E-state index in [0.717, 1.165) is 4.91 Å². The highest BCUT2D eigenvalue weighted by Gasteiger charge is 1.81. The fraction of sp³-hybridized carbons (Fsp3) is 0.400. The molecule has 0 rings (SSSR count). The van der Waals surface area contributed by atoms with Gasteiger partial charge in [0.25, 0.3) is 0 Å². The van der Waals surface area contributed by atoms with E-state index in [9.17, 15) is 0 Å². The van der Waals surface area contributed by atoms with Crippen LogP contribution in [0.5, 0.6) is 0 Å². The van der Waals surface area contributed by atoms with Gasteiger partial charge in [0.2, 0.25) is 0 Å². The lowest BCUT2D eigenvalue weighted by Crippen LogP contribution is -1.65. The second-order valence-corrected chi connectivity index (χ2v) is 3.23. The van der Waals surface area contributed by atoms with Crippen LogP contribution in [0.25, 0.3) is 0 Å². The molecule has 0 atom stereocenters. The molecule has 0 amide bonds. The van der Waals surface area contributed by atoms with Crippen molar-refractivity contribution in [2.45, 2.75) is 20.8 Å². The van der Waals surface area contributed by atoms with E-state index in [-0.39, 0.29) is 0 Å². The molecule has 0 saturated carbocycles. The molecule has 11 heavy (non-hydrogen) atoms. The Morgan fingerprint density at radius 1 is 1.36 bits per heavy atom. The maximum atomic E-state index is 3.80. The number of hydrogen-bond donors (Lipinski definition) is 0. The predicted molar refractivity (Wildman–Crippen MR) is 58.0 cm³/mol. The molecule has 0 spiro atoms. The topological polar surface area (TPSA) is 0 Å². The number of allylic oxidation sites excluding steroid dienone is 3. The van der Waals surface area contributed by atoms with Gasteiger partial charge in [-0.15, -0.1) is 18.3 Å². The molecule has 0 heterocycles. The van der Waals surface area contributed by atoms with Crippen molar-refractivity contribution in [3.05, 3.63) is 35.8 Å². The van der Waals surface area contributed by atoms with Crippen LogP contribution in [-0.2, 0) is 0 Å². The molecule has 0 fully saturated rings. The van der Waals surface area contributed by atoms with Gasteiger partial charge in [0, 0.05) is 0 Å². The highest BCUT2D eigenvalue weighted by molar-refractivity contribution is 8.02. The van der Waals surface area contributed by atoms with Gasteiger partial charge in [-0.2, -0.15) is 0 Å². The van der Waals surface area contributed by atoms with E-state index in [1.807, 2.05) is 13.2 Å².